The first-order valence-electron chi connectivity index (χ1n) is 8.47. The predicted octanol–water partition coefficient (Wildman–Crippen LogP) is 4.70. The molecule has 0 aromatic heterocycles. The smallest absolute Gasteiger partial charge is 0.118 e. The average molecular weight is 287 g/mol. The van der Waals surface area contributed by atoms with E-state index in [0.29, 0.717) is 17.5 Å². The summed E-state index contributed by atoms with van der Waals surface area (Å²) in [5.41, 5.74) is 1.94. The Kier molecular flexibility index (Phi) is 4.26. The second-order valence-corrected chi connectivity index (χ2v) is 7.71. The lowest BCUT2D eigenvalue weighted by Crippen LogP contribution is -2.40. The first-order valence-corrected chi connectivity index (χ1v) is 8.47. The van der Waals surface area contributed by atoms with Crippen molar-refractivity contribution in [3.8, 4) is 5.75 Å². The monoisotopic (exact) mass is 287 g/mol. The highest BCUT2D eigenvalue weighted by atomic mass is 16.5. The fourth-order valence-corrected chi connectivity index (χ4v) is 3.84. The van der Waals surface area contributed by atoms with Crippen molar-refractivity contribution in [3.63, 3.8) is 0 Å². The normalized spacial score (nSPS) is 26.3. The Hall–Kier alpha value is -1.02. The van der Waals surface area contributed by atoms with Gasteiger partial charge < -0.3 is 10.1 Å². The molecule has 1 N–H and O–H groups in total. The fraction of sp³-hybridized carbons (Fsp3) is 0.684. The fourth-order valence-electron chi connectivity index (χ4n) is 3.84. The molecule has 0 heterocycles. The summed E-state index contributed by atoms with van der Waals surface area (Å²) >= 11 is 0. The Morgan fingerprint density at radius 2 is 1.86 bits per heavy atom. The van der Waals surface area contributed by atoms with E-state index in [4.69, 9.17) is 4.74 Å². The predicted molar refractivity (Wildman–Crippen MR) is 87.6 cm³/mol. The van der Waals surface area contributed by atoms with Crippen molar-refractivity contribution in [1.82, 2.24) is 5.32 Å². The summed E-state index contributed by atoms with van der Waals surface area (Å²) < 4.78 is 5.28. The minimum atomic E-state index is 0.504. The van der Waals surface area contributed by atoms with Crippen LogP contribution >= 0.6 is 0 Å². The van der Waals surface area contributed by atoms with Crippen LogP contribution in [0.25, 0.3) is 0 Å². The Labute approximate surface area is 129 Å². The molecule has 0 aliphatic heterocycles. The molecule has 2 atom stereocenters. The third-order valence-electron chi connectivity index (χ3n) is 5.19. The SMILES string of the molecule is COc1ccc(C(NC2CCCC(C)(C)C2)C2CC2)cc1. The quantitative estimate of drug-likeness (QED) is 0.847. The number of hydrogen-bond donors (Lipinski definition) is 1. The summed E-state index contributed by atoms with van der Waals surface area (Å²) in [6.07, 6.45) is 8.14. The molecule has 1 aromatic carbocycles. The van der Waals surface area contributed by atoms with Crippen molar-refractivity contribution in [3.05, 3.63) is 29.8 Å². The molecule has 2 aliphatic carbocycles. The van der Waals surface area contributed by atoms with Gasteiger partial charge in [-0.2, -0.15) is 0 Å². The van der Waals surface area contributed by atoms with Crippen LogP contribution in [0.5, 0.6) is 5.75 Å². The van der Waals surface area contributed by atoms with Gasteiger partial charge in [-0.15, -0.1) is 0 Å². The van der Waals surface area contributed by atoms with Crippen molar-refractivity contribution in [2.75, 3.05) is 7.11 Å². The second kappa shape index (κ2) is 6.00. The standard InChI is InChI=1S/C19H29NO/c1-19(2)12-4-5-16(13-19)20-18(14-6-7-14)15-8-10-17(21-3)11-9-15/h8-11,14,16,18,20H,4-7,12-13H2,1-3H3. The first-order chi connectivity index (χ1) is 10.1. The average Bonchev–Trinajstić information content (AvgIpc) is 3.28. The number of benzene rings is 1. The van der Waals surface area contributed by atoms with E-state index in [0.717, 1.165) is 11.7 Å². The molecule has 0 saturated heterocycles. The van der Waals surface area contributed by atoms with Crippen molar-refractivity contribution >= 4 is 0 Å². The van der Waals surface area contributed by atoms with Crippen LogP contribution in [0.15, 0.2) is 24.3 Å². The van der Waals surface area contributed by atoms with E-state index in [2.05, 4.69) is 43.4 Å². The molecule has 0 amide bonds. The van der Waals surface area contributed by atoms with Gasteiger partial charge in [-0.3, -0.25) is 0 Å². The van der Waals surface area contributed by atoms with E-state index in [1.54, 1.807) is 7.11 Å². The lowest BCUT2D eigenvalue weighted by atomic mass is 9.75. The van der Waals surface area contributed by atoms with Crippen LogP contribution in [0.2, 0.25) is 0 Å². The van der Waals surface area contributed by atoms with Crippen LogP contribution in [0, 0.1) is 11.3 Å². The third kappa shape index (κ3) is 3.79. The highest BCUT2D eigenvalue weighted by Gasteiger charge is 2.36. The largest absolute Gasteiger partial charge is 0.497 e. The summed E-state index contributed by atoms with van der Waals surface area (Å²) in [5.74, 6) is 1.79. The zero-order chi connectivity index (χ0) is 14.9. The highest BCUT2D eigenvalue weighted by Crippen LogP contribution is 2.43. The topological polar surface area (TPSA) is 21.3 Å². The Morgan fingerprint density at radius 3 is 2.43 bits per heavy atom. The lowest BCUT2D eigenvalue weighted by Gasteiger charge is -2.38. The van der Waals surface area contributed by atoms with Gasteiger partial charge in [0.05, 0.1) is 7.11 Å². The maximum absolute atomic E-state index is 5.28. The van der Waals surface area contributed by atoms with Crippen LogP contribution < -0.4 is 10.1 Å². The lowest BCUT2D eigenvalue weighted by molar-refractivity contribution is 0.185. The maximum Gasteiger partial charge on any atom is 0.118 e. The van der Waals surface area contributed by atoms with E-state index < -0.39 is 0 Å². The molecule has 3 rings (SSSR count). The van der Waals surface area contributed by atoms with Gasteiger partial charge in [-0.25, -0.2) is 0 Å². The van der Waals surface area contributed by atoms with Gasteiger partial charge in [0, 0.05) is 12.1 Å². The van der Waals surface area contributed by atoms with E-state index in [1.807, 2.05) is 0 Å². The van der Waals surface area contributed by atoms with Gasteiger partial charge in [-0.05, 0) is 61.1 Å². The van der Waals surface area contributed by atoms with Crippen LogP contribution in [0.4, 0.5) is 0 Å². The third-order valence-corrected chi connectivity index (χ3v) is 5.19. The summed E-state index contributed by atoms with van der Waals surface area (Å²) in [5, 5.41) is 3.99. The van der Waals surface area contributed by atoms with E-state index in [1.165, 1.54) is 44.1 Å². The molecule has 0 spiro atoms. The van der Waals surface area contributed by atoms with Gasteiger partial charge in [0.2, 0.25) is 0 Å². The highest BCUT2D eigenvalue weighted by molar-refractivity contribution is 5.30. The molecule has 2 unspecified atom stereocenters. The van der Waals surface area contributed by atoms with Gasteiger partial charge in [0.1, 0.15) is 5.75 Å². The number of rotatable bonds is 5. The molecule has 2 nitrogen and oxygen atoms in total. The second-order valence-electron chi connectivity index (χ2n) is 7.71. The van der Waals surface area contributed by atoms with Crippen molar-refractivity contribution in [1.29, 1.82) is 0 Å². The van der Waals surface area contributed by atoms with Crippen LogP contribution in [-0.2, 0) is 0 Å². The Bertz CT molecular complexity index is 461. The summed E-state index contributed by atoms with van der Waals surface area (Å²) in [7, 11) is 1.73. The molecule has 21 heavy (non-hydrogen) atoms. The van der Waals surface area contributed by atoms with Gasteiger partial charge in [0.15, 0.2) is 0 Å². The van der Waals surface area contributed by atoms with Crippen molar-refractivity contribution in [2.45, 2.75) is 64.5 Å². The van der Waals surface area contributed by atoms with Crippen molar-refractivity contribution in [2.24, 2.45) is 11.3 Å². The number of methoxy groups -OCH3 is 1. The first kappa shape index (κ1) is 14.9. The number of hydrogen-bond acceptors (Lipinski definition) is 2. The minimum absolute atomic E-state index is 0.504. The molecule has 2 saturated carbocycles. The van der Waals surface area contributed by atoms with E-state index in [-0.39, 0.29) is 0 Å². The Morgan fingerprint density at radius 1 is 1.14 bits per heavy atom. The zero-order valence-corrected chi connectivity index (χ0v) is 13.7. The van der Waals surface area contributed by atoms with Gasteiger partial charge in [0.25, 0.3) is 0 Å². The van der Waals surface area contributed by atoms with Crippen LogP contribution in [-0.4, -0.2) is 13.2 Å². The molecular weight excluding hydrogens is 258 g/mol. The summed E-state index contributed by atoms with van der Waals surface area (Å²) in [6.45, 7) is 4.83. The van der Waals surface area contributed by atoms with Gasteiger partial charge >= 0.3 is 0 Å². The summed E-state index contributed by atoms with van der Waals surface area (Å²) in [4.78, 5) is 0. The minimum Gasteiger partial charge on any atom is -0.497 e. The van der Waals surface area contributed by atoms with Gasteiger partial charge in [-0.1, -0.05) is 32.4 Å². The number of nitrogens with one attached hydrogen (secondary N) is 1. The molecular formula is C19H29NO. The maximum atomic E-state index is 5.28. The Balaban J connectivity index is 1.69. The zero-order valence-electron chi connectivity index (χ0n) is 13.7. The summed E-state index contributed by atoms with van der Waals surface area (Å²) in [6, 6.07) is 9.89. The van der Waals surface area contributed by atoms with E-state index >= 15 is 0 Å². The van der Waals surface area contributed by atoms with E-state index in [9.17, 15) is 0 Å². The van der Waals surface area contributed by atoms with Crippen molar-refractivity contribution < 1.29 is 4.74 Å². The van der Waals surface area contributed by atoms with Crippen LogP contribution in [0.3, 0.4) is 0 Å². The number of ether oxygens (including phenoxy) is 1. The molecule has 0 bridgehead atoms. The molecule has 2 aliphatic rings. The van der Waals surface area contributed by atoms with Crippen LogP contribution in [0.1, 0.15) is 64.0 Å². The molecule has 0 radical (unpaired) electrons. The molecule has 116 valence electrons. The molecule has 1 aromatic rings. The molecule has 2 fully saturated rings. The molecule has 2 heteroatoms.